The highest BCUT2D eigenvalue weighted by atomic mass is 16.2. The molecule has 0 fully saturated rings. The first-order chi connectivity index (χ1) is 15.7. The highest BCUT2D eigenvalue weighted by Crippen LogP contribution is 2.19. The molecule has 32 heavy (non-hydrogen) atoms. The number of nitrogens with one attached hydrogen (secondary N) is 2. The predicted octanol–water partition coefficient (Wildman–Crippen LogP) is 3.64. The van der Waals surface area contributed by atoms with Crippen molar-refractivity contribution in [1.82, 2.24) is 20.1 Å². The summed E-state index contributed by atoms with van der Waals surface area (Å²) in [6.45, 7) is 0. The average molecular weight is 425 g/mol. The Labute approximate surface area is 186 Å². The second-order valence-corrected chi connectivity index (χ2v) is 7.26. The fraction of sp³-hybridized carbons (Fsp3) is 0.120. The third-order valence-corrected chi connectivity index (χ3v) is 5.05. The van der Waals surface area contributed by atoms with Crippen molar-refractivity contribution in [2.75, 3.05) is 5.32 Å². The second-order valence-electron chi connectivity index (χ2n) is 7.26. The van der Waals surface area contributed by atoms with Crippen molar-refractivity contribution in [1.29, 1.82) is 0 Å². The summed E-state index contributed by atoms with van der Waals surface area (Å²) in [5, 5.41) is 9.99. The molecule has 3 aromatic carbocycles. The van der Waals surface area contributed by atoms with Crippen molar-refractivity contribution in [3.05, 3.63) is 109 Å². The van der Waals surface area contributed by atoms with Crippen LogP contribution in [0.5, 0.6) is 0 Å². The van der Waals surface area contributed by atoms with Crippen LogP contribution < -0.4 is 10.6 Å². The van der Waals surface area contributed by atoms with Gasteiger partial charge in [-0.05, 0) is 42.7 Å². The molecule has 0 spiro atoms. The molecule has 7 nitrogen and oxygen atoms in total. The number of benzene rings is 3. The Balaban J connectivity index is 1.53. The van der Waals surface area contributed by atoms with E-state index in [-0.39, 0.29) is 11.8 Å². The smallest absolute Gasteiger partial charge is 0.251 e. The van der Waals surface area contributed by atoms with E-state index in [0.29, 0.717) is 29.8 Å². The molecule has 0 saturated carbocycles. The normalized spacial score (nSPS) is 11.5. The number of carbonyl (C=O) groups is 2. The van der Waals surface area contributed by atoms with Crippen LogP contribution in [0.1, 0.15) is 22.3 Å². The zero-order chi connectivity index (χ0) is 22.2. The number of rotatable bonds is 8. The number of para-hydroxylation sites is 2. The lowest BCUT2D eigenvalue weighted by atomic mass is 10.0. The molecule has 0 saturated heterocycles. The third kappa shape index (κ3) is 5.26. The summed E-state index contributed by atoms with van der Waals surface area (Å²) >= 11 is 0. The average Bonchev–Trinajstić information content (AvgIpc) is 3.38. The molecule has 4 rings (SSSR count). The van der Waals surface area contributed by atoms with E-state index in [0.717, 1.165) is 5.56 Å². The molecule has 0 aliphatic rings. The highest BCUT2D eigenvalue weighted by Gasteiger charge is 2.22. The number of anilines is 1. The third-order valence-electron chi connectivity index (χ3n) is 5.05. The first kappa shape index (κ1) is 21.0. The van der Waals surface area contributed by atoms with Gasteiger partial charge < -0.3 is 10.6 Å². The molecule has 0 aliphatic carbocycles. The van der Waals surface area contributed by atoms with Crippen LogP contribution in [-0.2, 0) is 11.2 Å². The summed E-state index contributed by atoms with van der Waals surface area (Å²) in [7, 11) is 0. The van der Waals surface area contributed by atoms with E-state index in [1.807, 2.05) is 54.6 Å². The van der Waals surface area contributed by atoms with Crippen molar-refractivity contribution in [2.24, 2.45) is 0 Å². The summed E-state index contributed by atoms with van der Waals surface area (Å²) < 4.78 is 1.58. The molecule has 2 N–H and O–H groups in total. The molecule has 0 bridgehead atoms. The van der Waals surface area contributed by atoms with Gasteiger partial charge >= 0.3 is 0 Å². The summed E-state index contributed by atoms with van der Waals surface area (Å²) in [6.07, 6.45) is 4.11. The van der Waals surface area contributed by atoms with Crippen LogP contribution in [0.15, 0.2) is 97.6 Å². The molecule has 0 radical (unpaired) electrons. The fourth-order valence-electron chi connectivity index (χ4n) is 3.39. The van der Waals surface area contributed by atoms with E-state index in [2.05, 4.69) is 20.7 Å². The summed E-state index contributed by atoms with van der Waals surface area (Å²) in [6, 6.07) is 25.4. The molecule has 1 heterocycles. The first-order valence-corrected chi connectivity index (χ1v) is 10.4. The Hall–Kier alpha value is -4.26. The maximum Gasteiger partial charge on any atom is 0.251 e. The Morgan fingerprint density at radius 3 is 2.28 bits per heavy atom. The molecule has 7 heteroatoms. The fourth-order valence-corrected chi connectivity index (χ4v) is 3.39. The Bertz CT molecular complexity index is 1160. The van der Waals surface area contributed by atoms with E-state index in [1.54, 1.807) is 41.3 Å². The van der Waals surface area contributed by atoms with E-state index >= 15 is 0 Å². The van der Waals surface area contributed by atoms with Crippen molar-refractivity contribution < 1.29 is 9.59 Å². The molecular weight excluding hydrogens is 402 g/mol. The van der Waals surface area contributed by atoms with Gasteiger partial charge in [-0.1, -0.05) is 60.7 Å². The van der Waals surface area contributed by atoms with Gasteiger partial charge in [-0.3, -0.25) is 9.59 Å². The quantitative estimate of drug-likeness (QED) is 0.451. The monoisotopic (exact) mass is 425 g/mol. The molecule has 4 aromatic rings. The van der Waals surface area contributed by atoms with Gasteiger partial charge in [-0.25, -0.2) is 9.67 Å². The van der Waals surface area contributed by atoms with Crippen LogP contribution >= 0.6 is 0 Å². The minimum Gasteiger partial charge on any atom is -0.340 e. The Morgan fingerprint density at radius 1 is 0.875 bits per heavy atom. The molecular formula is C25H23N5O2. The van der Waals surface area contributed by atoms with Gasteiger partial charge in [0.25, 0.3) is 5.91 Å². The van der Waals surface area contributed by atoms with Gasteiger partial charge in [-0.15, -0.1) is 0 Å². The number of aryl methyl sites for hydroxylation is 1. The molecule has 160 valence electrons. The van der Waals surface area contributed by atoms with Gasteiger partial charge in [0, 0.05) is 5.56 Å². The molecule has 1 unspecified atom stereocenters. The molecule has 1 aromatic heterocycles. The molecule has 1 atom stereocenters. The van der Waals surface area contributed by atoms with E-state index in [1.165, 1.54) is 6.33 Å². The van der Waals surface area contributed by atoms with Crippen molar-refractivity contribution in [2.45, 2.75) is 18.9 Å². The predicted molar refractivity (Wildman–Crippen MR) is 122 cm³/mol. The lowest BCUT2D eigenvalue weighted by molar-refractivity contribution is -0.118. The summed E-state index contributed by atoms with van der Waals surface area (Å²) in [4.78, 5) is 30.0. The summed E-state index contributed by atoms with van der Waals surface area (Å²) in [5.74, 6) is -0.582. The second kappa shape index (κ2) is 10.2. The zero-order valence-corrected chi connectivity index (χ0v) is 17.4. The number of hydrogen-bond donors (Lipinski definition) is 2. The largest absolute Gasteiger partial charge is 0.340 e. The van der Waals surface area contributed by atoms with Crippen molar-refractivity contribution >= 4 is 17.5 Å². The van der Waals surface area contributed by atoms with Gasteiger partial charge in [0.2, 0.25) is 5.91 Å². The SMILES string of the molecule is O=C(NC(CCc1ccccc1)C(=O)Nc1ccccc1-n1cncn1)c1ccccc1. The standard InChI is InChI=1S/C25H23N5O2/c31-24(20-11-5-2-6-12-20)29-22(16-15-19-9-3-1-4-10-19)25(32)28-21-13-7-8-14-23(21)30-18-26-17-27-30/h1-14,17-18,22H,15-16H2,(H,28,32)(H,29,31). The van der Waals surface area contributed by atoms with Crippen LogP contribution in [-0.4, -0.2) is 32.6 Å². The Kier molecular flexibility index (Phi) is 6.67. The van der Waals surface area contributed by atoms with Gasteiger partial charge in [0.15, 0.2) is 0 Å². The maximum absolute atomic E-state index is 13.3. The van der Waals surface area contributed by atoms with Crippen molar-refractivity contribution in [3.8, 4) is 5.69 Å². The first-order valence-electron chi connectivity index (χ1n) is 10.4. The Morgan fingerprint density at radius 2 is 1.56 bits per heavy atom. The minimum atomic E-state index is -0.716. The lowest BCUT2D eigenvalue weighted by Gasteiger charge is -2.20. The van der Waals surface area contributed by atoms with Crippen LogP contribution in [0.4, 0.5) is 5.69 Å². The van der Waals surface area contributed by atoms with Gasteiger partial charge in [0.1, 0.15) is 18.7 Å². The van der Waals surface area contributed by atoms with Crippen LogP contribution in [0, 0.1) is 0 Å². The highest BCUT2D eigenvalue weighted by molar-refractivity contribution is 6.01. The minimum absolute atomic E-state index is 0.289. The number of carbonyl (C=O) groups excluding carboxylic acids is 2. The number of aromatic nitrogens is 3. The number of nitrogens with zero attached hydrogens (tertiary/aromatic N) is 3. The summed E-state index contributed by atoms with van der Waals surface area (Å²) in [5.41, 5.74) is 2.88. The van der Waals surface area contributed by atoms with E-state index in [4.69, 9.17) is 0 Å². The van der Waals surface area contributed by atoms with Crippen LogP contribution in [0.25, 0.3) is 5.69 Å². The zero-order valence-electron chi connectivity index (χ0n) is 17.4. The van der Waals surface area contributed by atoms with Crippen LogP contribution in [0.3, 0.4) is 0 Å². The molecule has 0 aliphatic heterocycles. The maximum atomic E-state index is 13.3. The molecule has 2 amide bonds. The van der Waals surface area contributed by atoms with Crippen molar-refractivity contribution in [3.63, 3.8) is 0 Å². The van der Waals surface area contributed by atoms with Crippen LogP contribution in [0.2, 0.25) is 0 Å². The topological polar surface area (TPSA) is 88.9 Å². The van der Waals surface area contributed by atoms with E-state index < -0.39 is 6.04 Å². The van der Waals surface area contributed by atoms with Gasteiger partial charge in [0.05, 0.1) is 11.4 Å². The number of hydrogen-bond acceptors (Lipinski definition) is 4. The van der Waals surface area contributed by atoms with E-state index in [9.17, 15) is 9.59 Å². The van der Waals surface area contributed by atoms with Gasteiger partial charge in [-0.2, -0.15) is 5.10 Å². The number of amides is 2. The lowest BCUT2D eigenvalue weighted by Crippen LogP contribution is -2.44.